The van der Waals surface area contributed by atoms with Gasteiger partial charge in [-0.05, 0) is 61.4 Å². The fraction of sp³-hybridized carbons (Fsp3) is 0.462. The number of fused-ring (bicyclic) bond motifs is 1. The lowest BCUT2D eigenvalue weighted by atomic mass is 10.2. The third-order valence-corrected chi connectivity index (χ3v) is 7.94. The molecule has 2 N–H and O–H groups in total. The smallest absolute Gasteiger partial charge is 0.272 e. The normalized spacial score (nSPS) is 15.1. The van der Waals surface area contributed by atoms with E-state index in [9.17, 15) is 14.4 Å². The summed E-state index contributed by atoms with van der Waals surface area (Å²) in [6.45, 7) is 1.74. The number of unbranched alkanes of at least 4 members (excludes halogenated alkanes) is 2. The number of benzene rings is 1. The molecule has 1 aliphatic heterocycles. The van der Waals surface area contributed by atoms with E-state index in [4.69, 9.17) is 9.47 Å². The fourth-order valence-electron chi connectivity index (χ4n) is 4.08. The third-order valence-electron chi connectivity index (χ3n) is 6.07. The van der Waals surface area contributed by atoms with E-state index in [-0.39, 0.29) is 29.2 Å². The molecule has 0 saturated carbocycles. The number of nitrogens with one attached hydrogen (secondary N) is 2. The molecule has 0 aliphatic carbocycles. The summed E-state index contributed by atoms with van der Waals surface area (Å²) in [4.78, 5) is 42.4. The van der Waals surface area contributed by atoms with Gasteiger partial charge < -0.3 is 20.1 Å². The number of carbonyl (C=O) groups excluding carboxylic acids is 2. The maximum Gasteiger partial charge on any atom is 0.272 e. The van der Waals surface area contributed by atoms with Gasteiger partial charge in [-0.2, -0.15) is 0 Å². The van der Waals surface area contributed by atoms with Gasteiger partial charge in [0.2, 0.25) is 11.8 Å². The molecule has 1 fully saturated rings. The molecule has 2 amide bonds. The fourth-order valence-corrected chi connectivity index (χ4v) is 5.71. The summed E-state index contributed by atoms with van der Waals surface area (Å²) in [5, 5.41) is 8.19. The first kappa shape index (κ1) is 27.2. The van der Waals surface area contributed by atoms with Crippen molar-refractivity contribution in [2.75, 3.05) is 31.3 Å². The van der Waals surface area contributed by atoms with Crippen molar-refractivity contribution in [2.24, 2.45) is 0 Å². The molecule has 1 aromatic carbocycles. The molecule has 9 nitrogen and oxygen atoms in total. The second-order valence-corrected chi connectivity index (χ2v) is 10.7. The minimum absolute atomic E-state index is 0.0470. The van der Waals surface area contributed by atoms with Crippen molar-refractivity contribution < 1.29 is 19.1 Å². The number of nitrogens with zero attached hydrogens (tertiary/aromatic N) is 2. The lowest BCUT2D eigenvalue weighted by Gasteiger charge is -2.13. The van der Waals surface area contributed by atoms with Crippen molar-refractivity contribution >= 4 is 50.8 Å². The van der Waals surface area contributed by atoms with Gasteiger partial charge in [-0.1, -0.05) is 18.2 Å². The Morgan fingerprint density at radius 1 is 1.19 bits per heavy atom. The zero-order valence-electron chi connectivity index (χ0n) is 20.9. The molecule has 0 bridgehead atoms. The van der Waals surface area contributed by atoms with E-state index in [0.29, 0.717) is 41.3 Å². The molecule has 3 aromatic rings. The van der Waals surface area contributed by atoms with Gasteiger partial charge in [-0.15, -0.1) is 11.3 Å². The number of amides is 2. The van der Waals surface area contributed by atoms with Crippen LogP contribution in [0.15, 0.2) is 45.7 Å². The summed E-state index contributed by atoms with van der Waals surface area (Å²) in [5.74, 6) is 0.768. The van der Waals surface area contributed by atoms with E-state index in [2.05, 4.69) is 15.6 Å². The van der Waals surface area contributed by atoms with Gasteiger partial charge >= 0.3 is 0 Å². The van der Waals surface area contributed by atoms with Crippen LogP contribution < -0.4 is 20.9 Å². The van der Waals surface area contributed by atoms with Crippen molar-refractivity contribution in [3.8, 4) is 5.75 Å². The molecule has 11 heteroatoms. The van der Waals surface area contributed by atoms with E-state index in [0.717, 1.165) is 43.7 Å². The Bertz CT molecular complexity index is 1250. The molecule has 37 heavy (non-hydrogen) atoms. The number of thiophene rings is 1. The highest BCUT2D eigenvalue weighted by atomic mass is 32.2. The van der Waals surface area contributed by atoms with Crippen molar-refractivity contribution in [3.63, 3.8) is 0 Å². The highest BCUT2D eigenvalue weighted by Crippen LogP contribution is 2.22. The van der Waals surface area contributed by atoms with Crippen LogP contribution in [0.25, 0.3) is 10.2 Å². The van der Waals surface area contributed by atoms with Crippen molar-refractivity contribution in [1.82, 2.24) is 14.9 Å². The number of carbonyl (C=O) groups is 2. The van der Waals surface area contributed by atoms with E-state index in [1.807, 2.05) is 11.4 Å². The Labute approximate surface area is 223 Å². The molecular weight excluding hydrogens is 512 g/mol. The topological polar surface area (TPSA) is 112 Å². The Morgan fingerprint density at radius 3 is 2.78 bits per heavy atom. The number of anilines is 1. The highest BCUT2D eigenvalue weighted by Gasteiger charge is 2.18. The number of aromatic nitrogens is 2. The lowest BCUT2D eigenvalue weighted by Crippen LogP contribution is -2.33. The molecule has 0 spiro atoms. The highest BCUT2D eigenvalue weighted by molar-refractivity contribution is 7.99. The Balaban J connectivity index is 1.26. The average Bonchev–Trinajstić information content (AvgIpc) is 3.60. The van der Waals surface area contributed by atoms with Crippen LogP contribution in [0.3, 0.4) is 0 Å². The van der Waals surface area contributed by atoms with Crippen LogP contribution >= 0.6 is 23.1 Å². The summed E-state index contributed by atoms with van der Waals surface area (Å²) < 4.78 is 13.0. The summed E-state index contributed by atoms with van der Waals surface area (Å²) in [7, 11) is 1.60. The lowest BCUT2D eigenvalue weighted by molar-refractivity contribution is -0.119. The first-order valence-corrected chi connectivity index (χ1v) is 14.3. The molecule has 1 aliphatic rings. The molecule has 4 rings (SSSR count). The molecule has 198 valence electrons. The van der Waals surface area contributed by atoms with E-state index < -0.39 is 0 Å². The number of thioether (sulfide) groups is 1. The summed E-state index contributed by atoms with van der Waals surface area (Å²) in [5.41, 5.74) is 1.30. The van der Waals surface area contributed by atoms with Crippen molar-refractivity contribution in [3.05, 3.63) is 46.1 Å². The second-order valence-electron chi connectivity index (χ2n) is 8.80. The van der Waals surface area contributed by atoms with Gasteiger partial charge in [0, 0.05) is 31.8 Å². The molecule has 3 heterocycles. The largest absolute Gasteiger partial charge is 0.497 e. The molecule has 1 atom stereocenters. The van der Waals surface area contributed by atoms with Crippen LogP contribution in [0.1, 0.15) is 38.5 Å². The van der Waals surface area contributed by atoms with Gasteiger partial charge in [0.05, 0.1) is 24.5 Å². The molecule has 1 saturated heterocycles. The average molecular weight is 545 g/mol. The zero-order chi connectivity index (χ0) is 26.0. The van der Waals surface area contributed by atoms with E-state index in [1.165, 1.54) is 23.1 Å². The molecule has 0 unspecified atom stereocenters. The second kappa shape index (κ2) is 13.6. The molecular formula is C26H32N4O5S2. The van der Waals surface area contributed by atoms with E-state index >= 15 is 0 Å². The standard InChI is InChI=1S/C26H32N4O5S2/c1-34-19-10-8-18(9-11-19)28-22(31)7-3-2-4-13-30-25(33)24-21(12-15-36-24)29-26(30)37-17-23(32)27-16-20-6-5-14-35-20/h8-12,15,20H,2-7,13-14,16-17H2,1H3,(H,27,32)(H,28,31)/t20-/m0/s1. The van der Waals surface area contributed by atoms with E-state index in [1.54, 1.807) is 35.9 Å². The quantitative estimate of drug-likeness (QED) is 0.190. The predicted molar refractivity (Wildman–Crippen MR) is 147 cm³/mol. The van der Waals surface area contributed by atoms with Crippen LogP contribution in [0.2, 0.25) is 0 Å². The minimum atomic E-state index is -0.102. The molecule has 0 radical (unpaired) electrons. The Kier molecular flexibility index (Phi) is 9.98. The number of hydrogen-bond acceptors (Lipinski definition) is 8. The van der Waals surface area contributed by atoms with Crippen LogP contribution in [0.4, 0.5) is 5.69 Å². The number of hydrogen-bond donors (Lipinski definition) is 2. The number of methoxy groups -OCH3 is 1. The van der Waals surface area contributed by atoms with Crippen LogP contribution in [0.5, 0.6) is 5.75 Å². The minimum Gasteiger partial charge on any atom is -0.497 e. The summed E-state index contributed by atoms with van der Waals surface area (Å²) in [6, 6.07) is 9.04. The van der Waals surface area contributed by atoms with Crippen LogP contribution in [0, 0.1) is 0 Å². The zero-order valence-corrected chi connectivity index (χ0v) is 22.5. The van der Waals surface area contributed by atoms with Gasteiger partial charge in [0.25, 0.3) is 5.56 Å². The maximum atomic E-state index is 13.1. The van der Waals surface area contributed by atoms with Gasteiger partial charge in [0.1, 0.15) is 10.4 Å². The summed E-state index contributed by atoms with van der Waals surface area (Å²) >= 11 is 2.65. The first-order valence-electron chi connectivity index (χ1n) is 12.5. The van der Waals surface area contributed by atoms with Crippen molar-refractivity contribution in [1.29, 1.82) is 0 Å². The summed E-state index contributed by atoms with van der Waals surface area (Å²) in [6.07, 6.45) is 4.70. The number of rotatable bonds is 13. The Morgan fingerprint density at radius 2 is 2.03 bits per heavy atom. The van der Waals surface area contributed by atoms with Gasteiger partial charge in [-0.3, -0.25) is 19.0 Å². The maximum absolute atomic E-state index is 13.1. The van der Waals surface area contributed by atoms with Crippen molar-refractivity contribution in [2.45, 2.75) is 56.3 Å². The van der Waals surface area contributed by atoms with Crippen LogP contribution in [-0.4, -0.2) is 53.5 Å². The molecule has 2 aromatic heterocycles. The Hall–Kier alpha value is -2.89. The van der Waals surface area contributed by atoms with Gasteiger partial charge in [-0.25, -0.2) is 4.98 Å². The van der Waals surface area contributed by atoms with Gasteiger partial charge in [0.15, 0.2) is 5.16 Å². The number of ether oxygens (including phenoxy) is 2. The third kappa shape index (κ3) is 7.80. The van der Waals surface area contributed by atoms with Crippen LogP contribution in [-0.2, 0) is 20.9 Å². The first-order chi connectivity index (χ1) is 18.0. The predicted octanol–water partition coefficient (Wildman–Crippen LogP) is 4.05. The SMILES string of the molecule is COc1ccc(NC(=O)CCCCCn2c(SCC(=O)NC[C@@H]3CCCO3)nc3ccsc3c2=O)cc1. The monoisotopic (exact) mass is 544 g/mol.